The van der Waals surface area contributed by atoms with Crippen LogP contribution in [0.2, 0.25) is 0 Å². The quantitative estimate of drug-likeness (QED) is 0.263. The molecule has 3 heterocycles. The number of aliphatic hydroxyl groups excluding tert-OH is 1. The van der Waals surface area contributed by atoms with Gasteiger partial charge in [-0.25, -0.2) is 4.79 Å². The fourth-order valence-corrected chi connectivity index (χ4v) is 6.68. The molecule has 0 bridgehead atoms. The number of hydrogen-bond acceptors (Lipinski definition) is 8. The highest BCUT2D eigenvalue weighted by atomic mass is 32.2. The summed E-state index contributed by atoms with van der Waals surface area (Å²) < 4.78 is 8.58. The molecule has 0 radical (unpaired) electrons. The van der Waals surface area contributed by atoms with Crippen molar-refractivity contribution < 1.29 is 5.11 Å². The van der Waals surface area contributed by atoms with Crippen LogP contribution in [-0.2, 0) is 6.54 Å². The van der Waals surface area contributed by atoms with E-state index in [1.807, 2.05) is 73.8 Å². The van der Waals surface area contributed by atoms with Crippen molar-refractivity contribution in [3.05, 3.63) is 105 Å². The van der Waals surface area contributed by atoms with Gasteiger partial charge < -0.3 is 10.0 Å². The SMILES string of the molecule is CSc1ccc(-n2c(-c3ccc(C)cc3)cc(=O)n(CC(O)CN3CCN(c4nsc5ccccc45)CC3)c2=O)cc1. The highest BCUT2D eigenvalue weighted by molar-refractivity contribution is 7.98. The molecule has 1 saturated heterocycles. The standard InChI is InChI=1S/C32H33N5O3S2/c1-22-7-9-23(10-8-22)28-19-30(39)36(32(40)37(28)24-11-13-26(41-2)14-12-24)21-25(38)20-34-15-17-35(18-16-34)31-27-5-3-4-6-29(27)42-33-31/h3-14,19,25,38H,15-18,20-21H2,1-2H3. The van der Waals surface area contributed by atoms with Gasteiger partial charge in [0, 0.05) is 49.1 Å². The molecule has 216 valence electrons. The number of piperazine rings is 1. The summed E-state index contributed by atoms with van der Waals surface area (Å²) in [5.74, 6) is 1.02. The fraction of sp³-hybridized carbons (Fsp3) is 0.281. The normalized spacial score (nSPS) is 14.9. The molecule has 1 fully saturated rings. The number of thioether (sulfide) groups is 1. The highest BCUT2D eigenvalue weighted by Gasteiger charge is 2.23. The van der Waals surface area contributed by atoms with E-state index in [-0.39, 0.29) is 6.54 Å². The Morgan fingerprint density at radius 2 is 1.64 bits per heavy atom. The first kappa shape index (κ1) is 28.4. The summed E-state index contributed by atoms with van der Waals surface area (Å²) in [5, 5.41) is 12.2. The molecule has 2 aromatic heterocycles. The van der Waals surface area contributed by atoms with Crippen LogP contribution in [0.15, 0.2) is 93.3 Å². The van der Waals surface area contributed by atoms with E-state index in [9.17, 15) is 14.7 Å². The van der Waals surface area contributed by atoms with Crippen LogP contribution in [0.5, 0.6) is 0 Å². The van der Waals surface area contributed by atoms with Crippen LogP contribution in [-0.4, -0.2) is 68.6 Å². The van der Waals surface area contributed by atoms with E-state index < -0.39 is 17.4 Å². The average Bonchev–Trinajstić information content (AvgIpc) is 3.44. The smallest absolute Gasteiger partial charge is 0.336 e. The van der Waals surface area contributed by atoms with Crippen molar-refractivity contribution in [2.75, 3.05) is 43.9 Å². The van der Waals surface area contributed by atoms with Crippen molar-refractivity contribution in [2.24, 2.45) is 0 Å². The third-order valence-corrected chi connectivity index (χ3v) is 9.32. The van der Waals surface area contributed by atoms with E-state index in [0.29, 0.717) is 17.9 Å². The average molecular weight is 600 g/mol. The molecule has 1 aliphatic heterocycles. The molecule has 5 aromatic rings. The number of hydrogen-bond donors (Lipinski definition) is 1. The van der Waals surface area contributed by atoms with E-state index in [1.165, 1.54) is 27.7 Å². The summed E-state index contributed by atoms with van der Waals surface area (Å²) in [6.45, 7) is 5.41. The predicted molar refractivity (Wildman–Crippen MR) is 173 cm³/mol. The number of fused-ring (bicyclic) bond motifs is 1. The Morgan fingerprint density at radius 1 is 0.929 bits per heavy atom. The topological polar surface area (TPSA) is 83.6 Å². The Bertz CT molecular complexity index is 1800. The molecule has 6 rings (SSSR count). The Kier molecular flexibility index (Phi) is 8.30. The van der Waals surface area contributed by atoms with Crippen molar-refractivity contribution in [2.45, 2.75) is 24.5 Å². The largest absolute Gasteiger partial charge is 0.390 e. The Labute approximate surface area is 252 Å². The molecule has 0 aliphatic carbocycles. The molecule has 1 aliphatic rings. The van der Waals surface area contributed by atoms with Gasteiger partial charge in [0.1, 0.15) is 5.82 Å². The van der Waals surface area contributed by atoms with Crippen LogP contribution in [0.25, 0.3) is 27.0 Å². The predicted octanol–water partition coefficient (Wildman–Crippen LogP) is 4.49. The van der Waals surface area contributed by atoms with Crippen LogP contribution in [0.1, 0.15) is 5.56 Å². The Balaban J connectivity index is 1.22. The zero-order valence-corrected chi connectivity index (χ0v) is 25.3. The van der Waals surface area contributed by atoms with Gasteiger partial charge in [0.25, 0.3) is 5.56 Å². The summed E-state index contributed by atoms with van der Waals surface area (Å²) in [6, 6.07) is 25.2. The maximum atomic E-state index is 13.9. The number of nitrogens with zero attached hydrogens (tertiary/aromatic N) is 5. The molecular weight excluding hydrogens is 567 g/mol. The lowest BCUT2D eigenvalue weighted by atomic mass is 10.1. The van der Waals surface area contributed by atoms with Gasteiger partial charge in [-0.2, -0.15) is 4.37 Å². The minimum Gasteiger partial charge on any atom is -0.390 e. The molecule has 0 amide bonds. The van der Waals surface area contributed by atoms with Crippen molar-refractivity contribution >= 4 is 39.2 Å². The molecule has 42 heavy (non-hydrogen) atoms. The van der Waals surface area contributed by atoms with Gasteiger partial charge in [0.2, 0.25) is 0 Å². The van der Waals surface area contributed by atoms with E-state index in [1.54, 1.807) is 16.3 Å². The first-order valence-corrected chi connectivity index (χ1v) is 16.0. The lowest BCUT2D eigenvalue weighted by Gasteiger charge is -2.36. The first-order valence-electron chi connectivity index (χ1n) is 14.0. The minimum atomic E-state index is -0.875. The molecular formula is C32H33N5O3S2. The lowest BCUT2D eigenvalue weighted by Crippen LogP contribution is -2.50. The molecule has 10 heteroatoms. The van der Waals surface area contributed by atoms with Gasteiger partial charge >= 0.3 is 5.69 Å². The van der Waals surface area contributed by atoms with Crippen molar-refractivity contribution in [3.63, 3.8) is 0 Å². The molecule has 0 saturated carbocycles. The van der Waals surface area contributed by atoms with Gasteiger partial charge in [-0.15, -0.1) is 11.8 Å². The second-order valence-electron chi connectivity index (χ2n) is 10.6. The van der Waals surface area contributed by atoms with Gasteiger partial charge in [-0.3, -0.25) is 18.8 Å². The highest BCUT2D eigenvalue weighted by Crippen LogP contribution is 2.30. The fourth-order valence-electron chi connectivity index (χ4n) is 5.47. The molecule has 1 atom stereocenters. The zero-order chi connectivity index (χ0) is 29.2. The molecule has 1 unspecified atom stereocenters. The summed E-state index contributed by atoms with van der Waals surface area (Å²) >= 11 is 3.14. The van der Waals surface area contributed by atoms with Crippen molar-refractivity contribution in [3.8, 4) is 16.9 Å². The van der Waals surface area contributed by atoms with E-state index in [2.05, 4.69) is 26.3 Å². The number of rotatable bonds is 8. The summed E-state index contributed by atoms with van der Waals surface area (Å²) in [6.07, 6.45) is 1.13. The summed E-state index contributed by atoms with van der Waals surface area (Å²) in [4.78, 5) is 32.8. The second-order valence-corrected chi connectivity index (χ2v) is 12.3. The summed E-state index contributed by atoms with van der Waals surface area (Å²) in [5.41, 5.74) is 2.18. The number of aromatic nitrogens is 3. The Morgan fingerprint density at radius 3 is 2.36 bits per heavy atom. The van der Waals surface area contributed by atoms with Crippen LogP contribution in [0.3, 0.4) is 0 Å². The molecule has 0 spiro atoms. The van der Waals surface area contributed by atoms with E-state index >= 15 is 0 Å². The number of anilines is 1. The van der Waals surface area contributed by atoms with Gasteiger partial charge in [-0.05, 0) is 66.7 Å². The lowest BCUT2D eigenvalue weighted by molar-refractivity contribution is 0.0928. The molecule has 1 N–H and O–H groups in total. The number of aliphatic hydroxyl groups is 1. The van der Waals surface area contributed by atoms with Gasteiger partial charge in [0.05, 0.1) is 28.7 Å². The number of benzene rings is 3. The monoisotopic (exact) mass is 599 g/mol. The van der Waals surface area contributed by atoms with E-state index in [4.69, 9.17) is 0 Å². The minimum absolute atomic E-state index is 0.0777. The molecule has 3 aromatic carbocycles. The third-order valence-electron chi connectivity index (χ3n) is 7.76. The van der Waals surface area contributed by atoms with Crippen LogP contribution >= 0.6 is 23.3 Å². The van der Waals surface area contributed by atoms with Gasteiger partial charge in [-0.1, -0.05) is 42.0 Å². The van der Waals surface area contributed by atoms with Crippen LogP contribution in [0, 0.1) is 6.92 Å². The third kappa shape index (κ3) is 5.80. The zero-order valence-electron chi connectivity index (χ0n) is 23.6. The summed E-state index contributed by atoms with van der Waals surface area (Å²) in [7, 11) is 0. The Hall–Kier alpha value is -3.70. The number of aryl methyl sites for hydroxylation is 1. The van der Waals surface area contributed by atoms with Crippen molar-refractivity contribution in [1.29, 1.82) is 0 Å². The van der Waals surface area contributed by atoms with Crippen LogP contribution in [0.4, 0.5) is 5.82 Å². The molecule has 8 nitrogen and oxygen atoms in total. The van der Waals surface area contributed by atoms with Gasteiger partial charge in [0.15, 0.2) is 0 Å². The van der Waals surface area contributed by atoms with E-state index in [0.717, 1.165) is 52.6 Å². The second kappa shape index (κ2) is 12.3. The maximum Gasteiger partial charge on any atom is 0.336 e. The first-order chi connectivity index (χ1) is 20.4. The maximum absolute atomic E-state index is 13.9. The van der Waals surface area contributed by atoms with Crippen molar-refractivity contribution in [1.82, 2.24) is 18.4 Å². The van der Waals surface area contributed by atoms with Crippen LogP contribution < -0.4 is 16.1 Å². The number of β-amino-alcohol motifs (C(OH)–C–C–N with tert-alkyl or cyclic N) is 1.